The molecule has 0 bridgehead atoms. The van der Waals surface area contributed by atoms with Crippen LogP contribution in [0.5, 0.6) is 0 Å². The van der Waals surface area contributed by atoms with Crippen LogP contribution in [0.2, 0.25) is 0 Å². The van der Waals surface area contributed by atoms with Crippen molar-refractivity contribution in [3.8, 4) is 50.3 Å². The van der Waals surface area contributed by atoms with Gasteiger partial charge in [-0.05, 0) is 86.3 Å². The highest BCUT2D eigenvalue weighted by Crippen LogP contribution is 2.58. The van der Waals surface area contributed by atoms with Crippen LogP contribution < -0.4 is 0 Å². The molecule has 12 rings (SSSR count). The largest absolute Gasteiger partial charge is 0.293 e. The van der Waals surface area contributed by atoms with Crippen LogP contribution in [0.3, 0.4) is 0 Å². The smallest absolute Gasteiger partial charge is 0.146 e. The summed E-state index contributed by atoms with van der Waals surface area (Å²) in [5.74, 6) is 1.20. The molecule has 1 unspecified atom stereocenters. The first-order valence-electron chi connectivity index (χ1n) is 18.7. The maximum absolute atomic E-state index is 5.68. The maximum Gasteiger partial charge on any atom is 0.146 e. The third-order valence-electron chi connectivity index (χ3n) is 11.9. The summed E-state index contributed by atoms with van der Waals surface area (Å²) in [6.07, 6.45) is 3.02. The molecular weight excluding hydrogens is 673 g/mol. The van der Waals surface area contributed by atoms with Crippen molar-refractivity contribution < 1.29 is 0 Å². The fourth-order valence-electron chi connectivity index (χ4n) is 9.64. The molecular formula is C51H32N2S. The summed E-state index contributed by atoms with van der Waals surface area (Å²) in [5.41, 5.74) is 19.0. The average molecular weight is 705 g/mol. The molecule has 54 heavy (non-hydrogen) atoms. The molecule has 252 valence electrons. The fraction of sp³-hybridized carbons (Fsp3) is 0.0392. The second-order valence-electron chi connectivity index (χ2n) is 14.6. The molecule has 10 aromatic rings. The zero-order valence-corrected chi connectivity index (χ0v) is 30.2. The van der Waals surface area contributed by atoms with E-state index >= 15 is 0 Å². The summed E-state index contributed by atoms with van der Waals surface area (Å²) in [6.45, 7) is 4.46. The van der Waals surface area contributed by atoms with Crippen LogP contribution in [0.4, 0.5) is 0 Å². The highest BCUT2D eigenvalue weighted by atomic mass is 32.1. The van der Waals surface area contributed by atoms with Gasteiger partial charge in [-0.3, -0.25) is 4.57 Å². The van der Waals surface area contributed by atoms with Crippen LogP contribution in [0.25, 0.3) is 98.5 Å². The maximum atomic E-state index is 5.68. The summed E-state index contributed by atoms with van der Waals surface area (Å²) in [6, 6.07) is 57.9. The number of aromatic nitrogens is 2. The van der Waals surface area contributed by atoms with E-state index in [4.69, 9.17) is 4.98 Å². The van der Waals surface area contributed by atoms with E-state index < -0.39 is 0 Å². The van der Waals surface area contributed by atoms with E-state index in [1.54, 1.807) is 0 Å². The van der Waals surface area contributed by atoms with Gasteiger partial charge >= 0.3 is 0 Å². The first kappa shape index (κ1) is 30.0. The zero-order valence-electron chi connectivity index (χ0n) is 29.4. The van der Waals surface area contributed by atoms with Gasteiger partial charge in [0.2, 0.25) is 0 Å². The molecule has 0 N–H and O–H groups in total. The summed E-state index contributed by atoms with van der Waals surface area (Å²) in [7, 11) is 0. The number of hydrogen-bond donors (Lipinski definition) is 0. The zero-order chi connectivity index (χ0) is 35.5. The fourth-order valence-corrected chi connectivity index (χ4v) is 10.9. The monoisotopic (exact) mass is 704 g/mol. The first-order chi connectivity index (χ1) is 26.8. The number of fused-ring (bicyclic) bond motifs is 12. The highest BCUT2D eigenvalue weighted by Gasteiger charge is 2.38. The number of pyridine rings is 1. The quantitative estimate of drug-likeness (QED) is 0.178. The number of hydrogen-bond acceptors (Lipinski definition) is 2. The van der Waals surface area contributed by atoms with Crippen LogP contribution in [0.15, 0.2) is 164 Å². The minimum atomic E-state index is 0.287. The number of thiophene rings is 1. The number of rotatable bonds is 4. The topological polar surface area (TPSA) is 17.8 Å². The van der Waals surface area contributed by atoms with Crippen LogP contribution >= 0.6 is 11.3 Å². The Balaban J connectivity index is 1.24. The summed E-state index contributed by atoms with van der Waals surface area (Å²) in [5, 5.41) is 3.73. The summed E-state index contributed by atoms with van der Waals surface area (Å²) < 4.78 is 4.87. The Morgan fingerprint density at radius 2 is 1.33 bits per heavy atom. The molecule has 3 heteroatoms. The van der Waals surface area contributed by atoms with Gasteiger partial charge in [-0.15, -0.1) is 11.3 Å². The first-order valence-corrected chi connectivity index (χ1v) is 19.5. The van der Waals surface area contributed by atoms with Crippen LogP contribution in [0.1, 0.15) is 28.2 Å². The van der Waals surface area contributed by atoms with Crippen molar-refractivity contribution in [2.75, 3.05) is 0 Å². The molecule has 2 aliphatic rings. The minimum absolute atomic E-state index is 0.287. The molecule has 3 aromatic heterocycles. The van der Waals surface area contributed by atoms with Gasteiger partial charge in [0, 0.05) is 37.9 Å². The van der Waals surface area contributed by atoms with E-state index in [2.05, 4.69) is 169 Å². The van der Waals surface area contributed by atoms with E-state index in [1.165, 1.54) is 92.3 Å². The van der Waals surface area contributed by atoms with Crippen LogP contribution in [-0.4, -0.2) is 9.55 Å². The predicted molar refractivity (Wildman–Crippen MR) is 229 cm³/mol. The third-order valence-corrected chi connectivity index (χ3v) is 13.1. The molecule has 0 fully saturated rings. The van der Waals surface area contributed by atoms with E-state index in [-0.39, 0.29) is 5.92 Å². The third kappa shape index (κ3) is 4.02. The lowest BCUT2D eigenvalue weighted by atomic mass is 9.76. The van der Waals surface area contributed by atoms with Crippen LogP contribution in [-0.2, 0) is 6.42 Å². The highest BCUT2D eigenvalue weighted by molar-refractivity contribution is 7.26. The molecule has 0 spiro atoms. The number of benzene rings is 7. The van der Waals surface area contributed by atoms with Gasteiger partial charge in [0.1, 0.15) is 5.82 Å². The van der Waals surface area contributed by atoms with E-state index in [9.17, 15) is 0 Å². The summed E-state index contributed by atoms with van der Waals surface area (Å²) >= 11 is 1.82. The second kappa shape index (κ2) is 11.2. The van der Waals surface area contributed by atoms with Crippen molar-refractivity contribution in [2.45, 2.75) is 12.3 Å². The molecule has 2 aliphatic carbocycles. The molecule has 3 heterocycles. The van der Waals surface area contributed by atoms with Gasteiger partial charge in [-0.2, -0.15) is 0 Å². The normalized spacial score (nSPS) is 14.1. The van der Waals surface area contributed by atoms with Gasteiger partial charge in [0.25, 0.3) is 0 Å². The predicted octanol–water partition coefficient (Wildman–Crippen LogP) is 13.9. The van der Waals surface area contributed by atoms with Crippen molar-refractivity contribution in [3.63, 3.8) is 0 Å². The van der Waals surface area contributed by atoms with E-state index in [1.807, 2.05) is 17.4 Å². The van der Waals surface area contributed by atoms with Crippen LogP contribution in [0, 0.1) is 0 Å². The summed E-state index contributed by atoms with van der Waals surface area (Å²) in [4.78, 5) is 5.68. The lowest BCUT2D eigenvalue weighted by molar-refractivity contribution is 0.817. The Hall–Kier alpha value is -6.55. The number of nitrogens with zero attached hydrogens (tertiary/aromatic N) is 2. The standard InChI is InChI=1S/C51H32N2S/c1-2-34-45(31-17-7-4-8-18-31)50-49(38-22-12-14-24-44(38)54-50)52-51(34)53-42-23-13-11-21-37(42)47-43(53)29-41-36-26-25-32(30-15-5-3-6-16-30)27-39(36)40-28-33-19-9-10-20-35(33)48(47)46(40)41/h2-27,29,40H,1,28H2. The molecule has 7 aromatic carbocycles. The SMILES string of the molecule is C=Cc1c(-n2c3ccccc3c3c4c5c(cc32)-c2ccc(-c3ccccc3)cc2C5Cc2ccccc2-4)nc2c(sc3ccccc32)c1-c1ccccc1. The molecule has 0 aliphatic heterocycles. The van der Waals surface area contributed by atoms with Gasteiger partial charge in [0.05, 0.1) is 21.3 Å². The molecule has 1 atom stereocenters. The Morgan fingerprint density at radius 3 is 2.17 bits per heavy atom. The molecule has 0 radical (unpaired) electrons. The molecule has 0 saturated heterocycles. The molecule has 2 nitrogen and oxygen atoms in total. The lowest BCUT2D eigenvalue weighted by Gasteiger charge is -2.27. The van der Waals surface area contributed by atoms with Crippen molar-refractivity contribution in [2.24, 2.45) is 0 Å². The van der Waals surface area contributed by atoms with Crippen molar-refractivity contribution in [1.29, 1.82) is 0 Å². The Morgan fingerprint density at radius 1 is 0.611 bits per heavy atom. The van der Waals surface area contributed by atoms with Crippen molar-refractivity contribution in [1.82, 2.24) is 9.55 Å². The molecule has 0 amide bonds. The van der Waals surface area contributed by atoms with E-state index in [0.29, 0.717) is 0 Å². The number of para-hydroxylation sites is 1. The average Bonchev–Trinajstić information content (AvgIpc) is 3.88. The minimum Gasteiger partial charge on any atom is -0.293 e. The van der Waals surface area contributed by atoms with E-state index in [0.717, 1.165) is 28.8 Å². The van der Waals surface area contributed by atoms with Gasteiger partial charge < -0.3 is 0 Å². The van der Waals surface area contributed by atoms with Gasteiger partial charge in [-0.25, -0.2) is 4.98 Å². The Bertz CT molecular complexity index is 3200. The second-order valence-corrected chi connectivity index (χ2v) is 15.7. The van der Waals surface area contributed by atoms with Gasteiger partial charge in [-0.1, -0.05) is 146 Å². The Kier molecular flexibility index (Phi) is 6.23. The lowest BCUT2D eigenvalue weighted by Crippen LogP contribution is -2.10. The van der Waals surface area contributed by atoms with Crippen molar-refractivity contribution in [3.05, 3.63) is 187 Å². The van der Waals surface area contributed by atoms with Gasteiger partial charge in [0.15, 0.2) is 0 Å². The Labute approximate surface area is 316 Å². The van der Waals surface area contributed by atoms with Crippen molar-refractivity contribution >= 4 is 59.5 Å². The molecule has 0 saturated carbocycles.